The molecule has 4 heteroatoms. The zero-order chi connectivity index (χ0) is 14.1. The molecule has 0 aliphatic carbocycles. The third-order valence-electron chi connectivity index (χ3n) is 4.41. The second-order valence-electron chi connectivity index (χ2n) is 5.81. The minimum Gasteiger partial charge on any atom is -0.358 e. The average Bonchev–Trinajstić information content (AvgIpc) is 3.14. The standard InChI is InChI=1S/C17H20N4/c1-2-5-16-14(4-1)15-12-20(10-6-17(15)19-16)8-3-9-21-11-7-18-13-21/h1-2,4-5,7,11,13,19H,3,6,8-10,12H2. The van der Waals surface area contributed by atoms with Crippen molar-refractivity contribution in [2.24, 2.45) is 0 Å². The maximum Gasteiger partial charge on any atom is 0.0945 e. The summed E-state index contributed by atoms with van der Waals surface area (Å²) in [5.41, 5.74) is 4.21. The lowest BCUT2D eigenvalue weighted by Gasteiger charge is -2.27. The van der Waals surface area contributed by atoms with Crippen molar-refractivity contribution in [1.29, 1.82) is 0 Å². The maximum atomic E-state index is 4.09. The van der Waals surface area contributed by atoms with Crippen molar-refractivity contribution in [3.05, 3.63) is 54.2 Å². The van der Waals surface area contributed by atoms with E-state index in [1.165, 1.54) is 28.6 Å². The number of benzene rings is 1. The molecule has 1 N–H and O–H groups in total. The monoisotopic (exact) mass is 280 g/mol. The molecule has 3 heterocycles. The molecule has 21 heavy (non-hydrogen) atoms. The summed E-state index contributed by atoms with van der Waals surface area (Å²) in [7, 11) is 0. The van der Waals surface area contributed by atoms with Gasteiger partial charge in [-0.25, -0.2) is 4.98 Å². The molecule has 0 spiro atoms. The molecule has 1 aliphatic heterocycles. The summed E-state index contributed by atoms with van der Waals surface area (Å²) in [5, 5.41) is 1.40. The van der Waals surface area contributed by atoms with Crippen molar-refractivity contribution in [2.45, 2.75) is 25.9 Å². The highest BCUT2D eigenvalue weighted by molar-refractivity contribution is 5.84. The molecule has 0 saturated carbocycles. The van der Waals surface area contributed by atoms with Crippen LogP contribution < -0.4 is 0 Å². The van der Waals surface area contributed by atoms with Gasteiger partial charge in [0.05, 0.1) is 6.33 Å². The number of nitrogens with one attached hydrogen (secondary N) is 1. The van der Waals surface area contributed by atoms with Crippen molar-refractivity contribution in [3.8, 4) is 0 Å². The third kappa shape index (κ3) is 2.47. The number of aryl methyl sites for hydroxylation is 1. The van der Waals surface area contributed by atoms with Gasteiger partial charge in [0.15, 0.2) is 0 Å². The van der Waals surface area contributed by atoms with Gasteiger partial charge in [-0.3, -0.25) is 4.90 Å². The Balaban J connectivity index is 1.43. The molecule has 0 saturated heterocycles. The Hall–Kier alpha value is -2.07. The van der Waals surface area contributed by atoms with E-state index < -0.39 is 0 Å². The van der Waals surface area contributed by atoms with E-state index in [0.717, 1.165) is 32.6 Å². The zero-order valence-corrected chi connectivity index (χ0v) is 12.1. The van der Waals surface area contributed by atoms with E-state index in [4.69, 9.17) is 0 Å². The summed E-state index contributed by atoms with van der Waals surface area (Å²) < 4.78 is 2.15. The number of aromatic amines is 1. The highest BCUT2D eigenvalue weighted by Crippen LogP contribution is 2.27. The molecule has 0 amide bonds. The molecule has 0 fully saturated rings. The van der Waals surface area contributed by atoms with Crippen LogP contribution in [0, 0.1) is 0 Å². The van der Waals surface area contributed by atoms with Gasteiger partial charge in [-0.1, -0.05) is 18.2 Å². The van der Waals surface area contributed by atoms with Gasteiger partial charge in [0.25, 0.3) is 0 Å². The van der Waals surface area contributed by atoms with Crippen LogP contribution in [-0.4, -0.2) is 32.5 Å². The Morgan fingerprint density at radius 2 is 2.14 bits per heavy atom. The van der Waals surface area contributed by atoms with Gasteiger partial charge >= 0.3 is 0 Å². The van der Waals surface area contributed by atoms with Crippen molar-refractivity contribution in [3.63, 3.8) is 0 Å². The van der Waals surface area contributed by atoms with Gasteiger partial charge in [0.2, 0.25) is 0 Å². The van der Waals surface area contributed by atoms with E-state index in [-0.39, 0.29) is 0 Å². The minimum atomic E-state index is 1.05. The number of aromatic nitrogens is 3. The predicted octanol–water partition coefficient (Wildman–Crippen LogP) is 2.81. The lowest BCUT2D eigenvalue weighted by atomic mass is 10.0. The second-order valence-corrected chi connectivity index (χ2v) is 5.81. The number of imidazole rings is 1. The SMILES string of the molecule is c1ccc2c3c([nH]c2c1)CCN(CCCn1ccnc1)C3. The number of fused-ring (bicyclic) bond motifs is 3. The van der Waals surface area contributed by atoms with E-state index in [9.17, 15) is 0 Å². The Kier molecular flexibility index (Phi) is 3.24. The van der Waals surface area contributed by atoms with Crippen LogP contribution in [0.4, 0.5) is 0 Å². The first-order valence-corrected chi connectivity index (χ1v) is 7.67. The molecule has 0 bridgehead atoms. The Morgan fingerprint density at radius 1 is 1.19 bits per heavy atom. The Labute approximate surface area is 124 Å². The number of hydrogen-bond donors (Lipinski definition) is 1. The Morgan fingerprint density at radius 3 is 3.05 bits per heavy atom. The molecule has 1 aliphatic rings. The molecular weight excluding hydrogens is 260 g/mol. The largest absolute Gasteiger partial charge is 0.358 e. The molecule has 4 nitrogen and oxygen atoms in total. The second kappa shape index (κ2) is 5.37. The van der Waals surface area contributed by atoms with Gasteiger partial charge in [0.1, 0.15) is 0 Å². The quantitative estimate of drug-likeness (QED) is 0.798. The van der Waals surface area contributed by atoms with Crippen LogP contribution in [0.25, 0.3) is 10.9 Å². The summed E-state index contributed by atoms with van der Waals surface area (Å²) in [6.45, 7) is 4.43. The van der Waals surface area contributed by atoms with Crippen LogP contribution in [-0.2, 0) is 19.5 Å². The van der Waals surface area contributed by atoms with E-state index in [1.807, 2.05) is 18.7 Å². The highest BCUT2D eigenvalue weighted by Gasteiger charge is 2.19. The number of para-hydroxylation sites is 1. The molecule has 0 atom stereocenters. The van der Waals surface area contributed by atoms with Gasteiger partial charge < -0.3 is 9.55 Å². The van der Waals surface area contributed by atoms with Crippen LogP contribution in [0.3, 0.4) is 0 Å². The normalized spacial score (nSPS) is 15.4. The van der Waals surface area contributed by atoms with Crippen LogP contribution in [0.2, 0.25) is 0 Å². The van der Waals surface area contributed by atoms with E-state index in [0.29, 0.717) is 0 Å². The first-order chi connectivity index (χ1) is 10.4. The lowest BCUT2D eigenvalue weighted by molar-refractivity contribution is 0.246. The molecule has 0 radical (unpaired) electrons. The molecule has 1 aromatic carbocycles. The number of rotatable bonds is 4. The summed E-state index contributed by atoms with van der Waals surface area (Å²) in [4.78, 5) is 10.2. The summed E-state index contributed by atoms with van der Waals surface area (Å²) in [6, 6.07) is 8.65. The first kappa shape index (κ1) is 12.7. The van der Waals surface area contributed by atoms with E-state index in [2.05, 4.69) is 43.7 Å². The maximum absolute atomic E-state index is 4.09. The fourth-order valence-electron chi connectivity index (χ4n) is 3.31. The van der Waals surface area contributed by atoms with Crippen LogP contribution in [0.5, 0.6) is 0 Å². The molecule has 0 unspecified atom stereocenters. The van der Waals surface area contributed by atoms with Crippen molar-refractivity contribution in [2.75, 3.05) is 13.1 Å². The average molecular weight is 280 g/mol. The molecule has 3 aromatic rings. The van der Waals surface area contributed by atoms with Gasteiger partial charge in [-0.2, -0.15) is 0 Å². The van der Waals surface area contributed by atoms with Gasteiger partial charge in [-0.15, -0.1) is 0 Å². The molecule has 108 valence electrons. The summed E-state index contributed by atoms with van der Waals surface area (Å²) >= 11 is 0. The van der Waals surface area contributed by atoms with Crippen LogP contribution >= 0.6 is 0 Å². The highest BCUT2D eigenvalue weighted by atomic mass is 15.1. The van der Waals surface area contributed by atoms with Crippen molar-refractivity contribution < 1.29 is 0 Å². The number of H-pyrrole nitrogens is 1. The minimum absolute atomic E-state index is 1.05. The fourth-order valence-corrected chi connectivity index (χ4v) is 3.31. The van der Waals surface area contributed by atoms with Gasteiger partial charge in [-0.05, 0) is 18.1 Å². The number of hydrogen-bond acceptors (Lipinski definition) is 2. The zero-order valence-electron chi connectivity index (χ0n) is 12.1. The Bertz CT molecular complexity index is 726. The van der Waals surface area contributed by atoms with E-state index >= 15 is 0 Å². The number of nitrogens with zero attached hydrogens (tertiary/aromatic N) is 3. The topological polar surface area (TPSA) is 36.9 Å². The van der Waals surface area contributed by atoms with Crippen LogP contribution in [0.15, 0.2) is 43.0 Å². The smallest absolute Gasteiger partial charge is 0.0945 e. The van der Waals surface area contributed by atoms with Crippen molar-refractivity contribution >= 4 is 10.9 Å². The van der Waals surface area contributed by atoms with Crippen molar-refractivity contribution in [1.82, 2.24) is 19.4 Å². The van der Waals surface area contributed by atoms with Crippen LogP contribution in [0.1, 0.15) is 17.7 Å². The fraction of sp³-hybridized carbons (Fsp3) is 0.353. The van der Waals surface area contributed by atoms with E-state index in [1.54, 1.807) is 0 Å². The predicted molar refractivity (Wildman–Crippen MR) is 84.1 cm³/mol. The summed E-state index contributed by atoms with van der Waals surface area (Å²) in [5.74, 6) is 0. The van der Waals surface area contributed by atoms with Gasteiger partial charge in [0, 0.05) is 61.6 Å². The molecular formula is C17H20N4. The molecule has 4 rings (SSSR count). The third-order valence-corrected chi connectivity index (χ3v) is 4.41. The lowest BCUT2D eigenvalue weighted by Crippen LogP contribution is -2.31. The summed E-state index contributed by atoms with van der Waals surface area (Å²) in [6.07, 6.45) is 8.09. The molecule has 2 aromatic heterocycles. The first-order valence-electron chi connectivity index (χ1n) is 7.67.